The van der Waals surface area contributed by atoms with Crippen molar-refractivity contribution in [1.29, 1.82) is 10.5 Å². The number of nitrogens with zero attached hydrogens (tertiary/aromatic N) is 4. The number of aromatic nitrogens is 2. The SMILES string of the molecule is CC(C)(C#N)c1ncc(-c2ccccc2)s1.N#CCc1ncc(-c2ccccc2)s1. The van der Waals surface area contributed by atoms with E-state index in [9.17, 15) is 0 Å². The van der Waals surface area contributed by atoms with Gasteiger partial charge in [0.2, 0.25) is 0 Å². The first-order valence-corrected chi connectivity index (χ1v) is 11.0. The highest BCUT2D eigenvalue weighted by atomic mass is 32.1. The third-order valence-electron chi connectivity index (χ3n) is 4.22. The summed E-state index contributed by atoms with van der Waals surface area (Å²) >= 11 is 3.16. The van der Waals surface area contributed by atoms with E-state index in [1.165, 1.54) is 0 Å². The monoisotopic (exact) mass is 428 g/mol. The van der Waals surface area contributed by atoms with Crippen molar-refractivity contribution < 1.29 is 0 Å². The van der Waals surface area contributed by atoms with Crippen LogP contribution in [0.4, 0.5) is 0 Å². The Morgan fingerprint density at radius 3 is 1.87 bits per heavy atom. The number of benzene rings is 2. The molecule has 4 aromatic rings. The zero-order valence-corrected chi connectivity index (χ0v) is 18.4. The van der Waals surface area contributed by atoms with Crippen molar-refractivity contribution >= 4 is 22.7 Å². The van der Waals surface area contributed by atoms with Crippen molar-refractivity contribution in [1.82, 2.24) is 9.97 Å². The molecule has 2 aromatic carbocycles. The average Bonchev–Trinajstić information content (AvgIpc) is 3.46. The third-order valence-corrected chi connectivity index (χ3v) is 6.64. The van der Waals surface area contributed by atoms with Gasteiger partial charge in [-0.15, -0.1) is 22.7 Å². The van der Waals surface area contributed by atoms with Gasteiger partial charge in [0.1, 0.15) is 15.4 Å². The zero-order chi connectivity index (χ0) is 21.4. The van der Waals surface area contributed by atoms with E-state index in [2.05, 4.69) is 34.2 Å². The molecule has 0 amide bonds. The van der Waals surface area contributed by atoms with Crippen LogP contribution in [0.3, 0.4) is 0 Å². The molecule has 0 aliphatic rings. The summed E-state index contributed by atoms with van der Waals surface area (Å²) in [5.41, 5.74) is 1.81. The second-order valence-electron chi connectivity index (χ2n) is 6.95. The molecule has 0 atom stereocenters. The van der Waals surface area contributed by atoms with E-state index in [1.54, 1.807) is 22.7 Å². The number of thiazole rings is 2. The summed E-state index contributed by atoms with van der Waals surface area (Å²) in [7, 11) is 0. The van der Waals surface area contributed by atoms with Crippen LogP contribution in [-0.2, 0) is 11.8 Å². The van der Waals surface area contributed by atoms with Crippen molar-refractivity contribution in [3.05, 3.63) is 83.1 Å². The van der Waals surface area contributed by atoms with Gasteiger partial charge in [0.15, 0.2) is 0 Å². The highest BCUT2D eigenvalue weighted by Gasteiger charge is 2.23. The van der Waals surface area contributed by atoms with Gasteiger partial charge >= 0.3 is 0 Å². The predicted molar refractivity (Wildman–Crippen MR) is 123 cm³/mol. The standard InChI is InChI=1S/C13H12N2S.C11H8N2S/c1-13(2,9-14)12-15-8-11(16-12)10-6-4-3-5-7-10;12-7-6-11-13-8-10(14-11)9-4-2-1-3-5-9/h3-8H,1-2H3;1-5,8H,6H2. The van der Waals surface area contributed by atoms with Crippen LogP contribution in [-0.4, -0.2) is 9.97 Å². The Hall–Kier alpha value is -3.32. The summed E-state index contributed by atoms with van der Waals surface area (Å²) in [5, 5.41) is 19.3. The largest absolute Gasteiger partial charge is 0.248 e. The van der Waals surface area contributed by atoms with Crippen LogP contribution in [0.5, 0.6) is 0 Å². The molecule has 0 saturated heterocycles. The van der Waals surface area contributed by atoms with Gasteiger partial charge in [0.25, 0.3) is 0 Å². The van der Waals surface area contributed by atoms with Gasteiger partial charge < -0.3 is 0 Å². The van der Waals surface area contributed by atoms with Gasteiger partial charge in [-0.1, -0.05) is 60.7 Å². The van der Waals surface area contributed by atoms with Gasteiger partial charge in [-0.2, -0.15) is 10.5 Å². The van der Waals surface area contributed by atoms with E-state index < -0.39 is 5.41 Å². The molecule has 2 aromatic heterocycles. The summed E-state index contributed by atoms with van der Waals surface area (Å²) in [4.78, 5) is 10.7. The van der Waals surface area contributed by atoms with Crippen LogP contribution in [0, 0.1) is 22.7 Å². The van der Waals surface area contributed by atoms with Crippen molar-refractivity contribution in [2.75, 3.05) is 0 Å². The average molecular weight is 429 g/mol. The van der Waals surface area contributed by atoms with Gasteiger partial charge in [-0.25, -0.2) is 9.97 Å². The Labute approximate surface area is 184 Å². The van der Waals surface area contributed by atoms with E-state index in [-0.39, 0.29) is 0 Å². The van der Waals surface area contributed by atoms with E-state index in [1.807, 2.05) is 74.8 Å². The fraction of sp³-hybridized carbons (Fsp3) is 0.167. The molecular formula is C24H20N4S2. The normalized spacial score (nSPS) is 10.4. The molecule has 4 nitrogen and oxygen atoms in total. The van der Waals surface area contributed by atoms with Gasteiger partial charge in [-0.05, 0) is 25.0 Å². The first-order chi connectivity index (χ1) is 14.5. The molecule has 0 saturated carbocycles. The van der Waals surface area contributed by atoms with Crippen molar-refractivity contribution in [3.8, 4) is 33.0 Å². The lowest BCUT2D eigenvalue weighted by Gasteiger charge is -2.09. The summed E-state index contributed by atoms with van der Waals surface area (Å²) < 4.78 is 0. The Bertz CT molecular complexity index is 1160. The second-order valence-corrected chi connectivity index (χ2v) is 9.10. The topological polar surface area (TPSA) is 73.4 Å². The molecule has 148 valence electrons. The number of rotatable bonds is 4. The highest BCUT2D eigenvalue weighted by Crippen LogP contribution is 2.32. The molecule has 30 heavy (non-hydrogen) atoms. The minimum absolute atomic E-state index is 0.400. The summed E-state index contributed by atoms with van der Waals surface area (Å²) in [6.07, 6.45) is 4.07. The number of hydrogen-bond acceptors (Lipinski definition) is 6. The van der Waals surface area contributed by atoms with Gasteiger partial charge in [-0.3, -0.25) is 0 Å². The van der Waals surface area contributed by atoms with E-state index in [0.717, 1.165) is 30.9 Å². The zero-order valence-electron chi connectivity index (χ0n) is 16.7. The molecule has 0 aliphatic carbocycles. The van der Waals surface area contributed by atoms with Crippen LogP contribution < -0.4 is 0 Å². The van der Waals surface area contributed by atoms with Crippen LogP contribution in [0.15, 0.2) is 73.1 Å². The van der Waals surface area contributed by atoms with Crippen molar-refractivity contribution in [3.63, 3.8) is 0 Å². The first kappa shape index (κ1) is 21.4. The fourth-order valence-corrected chi connectivity index (χ4v) is 4.37. The van der Waals surface area contributed by atoms with Crippen molar-refractivity contribution in [2.45, 2.75) is 25.7 Å². The fourth-order valence-electron chi connectivity index (χ4n) is 2.54. The molecule has 0 unspecified atom stereocenters. The molecule has 0 bridgehead atoms. The van der Waals surface area contributed by atoms with E-state index in [0.29, 0.717) is 6.42 Å². The van der Waals surface area contributed by atoms with Gasteiger partial charge in [0, 0.05) is 12.4 Å². The highest BCUT2D eigenvalue weighted by molar-refractivity contribution is 7.15. The minimum Gasteiger partial charge on any atom is -0.248 e. The summed E-state index contributed by atoms with van der Waals surface area (Å²) in [6, 6.07) is 24.5. The number of hydrogen-bond donors (Lipinski definition) is 0. The first-order valence-electron chi connectivity index (χ1n) is 9.33. The van der Waals surface area contributed by atoms with Crippen molar-refractivity contribution in [2.24, 2.45) is 0 Å². The Morgan fingerprint density at radius 1 is 0.800 bits per heavy atom. The summed E-state index contributed by atoms with van der Waals surface area (Å²) in [5.74, 6) is 0. The van der Waals surface area contributed by atoms with E-state index >= 15 is 0 Å². The molecule has 0 fully saturated rings. The third kappa shape index (κ3) is 5.39. The maximum Gasteiger partial charge on any atom is 0.113 e. The molecule has 0 radical (unpaired) electrons. The quantitative estimate of drug-likeness (QED) is 0.372. The molecule has 2 heterocycles. The molecule has 0 aliphatic heterocycles. The van der Waals surface area contributed by atoms with Crippen LogP contribution in [0.2, 0.25) is 0 Å². The molecule has 6 heteroatoms. The van der Waals surface area contributed by atoms with Gasteiger partial charge in [0.05, 0.1) is 28.3 Å². The number of nitriles is 2. The molecular weight excluding hydrogens is 408 g/mol. The van der Waals surface area contributed by atoms with E-state index in [4.69, 9.17) is 10.5 Å². The maximum absolute atomic E-state index is 9.04. The van der Waals surface area contributed by atoms with Crippen LogP contribution in [0.1, 0.15) is 23.9 Å². The maximum atomic E-state index is 9.04. The molecule has 4 rings (SSSR count). The second kappa shape index (κ2) is 9.93. The predicted octanol–water partition coefficient (Wildman–Crippen LogP) is 6.49. The molecule has 0 spiro atoms. The minimum atomic E-state index is -0.502. The lowest BCUT2D eigenvalue weighted by Crippen LogP contribution is -2.12. The lowest BCUT2D eigenvalue weighted by atomic mass is 9.97. The molecule has 0 N–H and O–H groups in total. The smallest absolute Gasteiger partial charge is 0.113 e. The van der Waals surface area contributed by atoms with Crippen LogP contribution >= 0.6 is 22.7 Å². The van der Waals surface area contributed by atoms with Crippen LogP contribution in [0.25, 0.3) is 20.9 Å². The lowest BCUT2D eigenvalue weighted by molar-refractivity contribution is 0.680. The summed E-state index contributed by atoms with van der Waals surface area (Å²) in [6.45, 7) is 3.78. The Morgan fingerprint density at radius 2 is 1.33 bits per heavy atom. The Balaban J connectivity index is 0.000000172. The Kier molecular flexibility index (Phi) is 7.08.